The number of guanidine groups is 1. The minimum atomic E-state index is 0.210. The summed E-state index contributed by atoms with van der Waals surface area (Å²) >= 11 is 25.1. The maximum absolute atomic E-state index is 8.76. The summed E-state index contributed by atoms with van der Waals surface area (Å²) in [6.07, 6.45) is 1.97. The molecule has 0 bridgehead atoms. The van der Waals surface area contributed by atoms with Gasteiger partial charge >= 0.3 is 0 Å². The van der Waals surface area contributed by atoms with Crippen LogP contribution in [0.25, 0.3) is 10.8 Å². The Labute approximate surface area is 183 Å². The molecule has 3 nitrogen and oxygen atoms in total. The smallest absolute Gasteiger partial charge is 0.202 e. The monoisotopic (exact) mass is 451 g/mol. The lowest BCUT2D eigenvalue weighted by Gasteiger charge is -2.31. The SMILES string of the molecule is CN(C(=N)N(C)c1c(Cl)c(Cl)cc(Cl)c1Cl)c1ccc2cccc3c2c1CC3. The number of benzene rings is 3. The lowest BCUT2D eigenvalue weighted by molar-refractivity contribution is 1.01. The van der Waals surface area contributed by atoms with Gasteiger partial charge in [0.2, 0.25) is 5.96 Å². The Morgan fingerprint density at radius 1 is 0.893 bits per heavy atom. The summed E-state index contributed by atoms with van der Waals surface area (Å²) in [6.45, 7) is 0. The van der Waals surface area contributed by atoms with Crippen molar-refractivity contribution < 1.29 is 0 Å². The number of nitrogens with zero attached hydrogens (tertiary/aromatic N) is 2. The lowest BCUT2D eigenvalue weighted by Crippen LogP contribution is -2.40. The molecular weight excluding hydrogens is 436 g/mol. The summed E-state index contributed by atoms with van der Waals surface area (Å²) in [5.74, 6) is 0.210. The molecule has 0 amide bonds. The molecule has 1 aliphatic rings. The molecule has 0 saturated heterocycles. The van der Waals surface area contributed by atoms with Crippen LogP contribution in [0.5, 0.6) is 0 Å². The predicted molar refractivity (Wildman–Crippen MR) is 122 cm³/mol. The van der Waals surface area contributed by atoms with E-state index < -0.39 is 0 Å². The Hall–Kier alpha value is -1.65. The van der Waals surface area contributed by atoms with Crippen LogP contribution >= 0.6 is 46.4 Å². The highest BCUT2D eigenvalue weighted by Gasteiger charge is 2.25. The molecule has 0 saturated carbocycles. The molecule has 0 aromatic heterocycles. The van der Waals surface area contributed by atoms with Gasteiger partial charge in [0.1, 0.15) is 0 Å². The Morgan fingerprint density at radius 3 is 2.25 bits per heavy atom. The first-order chi connectivity index (χ1) is 13.3. The topological polar surface area (TPSA) is 30.3 Å². The molecule has 1 aliphatic carbocycles. The zero-order valence-electron chi connectivity index (χ0n) is 15.3. The van der Waals surface area contributed by atoms with Crippen LogP contribution in [0.1, 0.15) is 11.1 Å². The van der Waals surface area contributed by atoms with Crippen molar-refractivity contribution in [3.63, 3.8) is 0 Å². The minimum absolute atomic E-state index is 0.210. The van der Waals surface area contributed by atoms with Gasteiger partial charge in [0, 0.05) is 19.8 Å². The van der Waals surface area contributed by atoms with Crippen LogP contribution in [0.2, 0.25) is 20.1 Å². The van der Waals surface area contributed by atoms with Gasteiger partial charge in [-0.3, -0.25) is 5.41 Å². The first-order valence-electron chi connectivity index (χ1n) is 8.73. The van der Waals surface area contributed by atoms with Gasteiger partial charge in [0.25, 0.3) is 0 Å². The summed E-state index contributed by atoms with van der Waals surface area (Å²) in [4.78, 5) is 3.43. The van der Waals surface area contributed by atoms with E-state index in [0.29, 0.717) is 15.7 Å². The first kappa shape index (κ1) is 19.7. The van der Waals surface area contributed by atoms with Crippen molar-refractivity contribution in [3.05, 3.63) is 67.6 Å². The zero-order chi connectivity index (χ0) is 20.2. The third-order valence-electron chi connectivity index (χ3n) is 5.28. The highest BCUT2D eigenvalue weighted by Crippen LogP contribution is 2.43. The second-order valence-corrected chi connectivity index (χ2v) is 8.41. The van der Waals surface area contributed by atoms with Crippen molar-refractivity contribution >= 4 is 74.5 Å². The van der Waals surface area contributed by atoms with Crippen molar-refractivity contribution in [3.8, 4) is 0 Å². The maximum atomic E-state index is 8.76. The number of hydrogen-bond acceptors (Lipinski definition) is 1. The molecule has 0 atom stereocenters. The van der Waals surface area contributed by atoms with Gasteiger partial charge in [-0.15, -0.1) is 0 Å². The second kappa shape index (κ2) is 7.31. The molecule has 0 radical (unpaired) electrons. The van der Waals surface area contributed by atoms with Gasteiger partial charge in [-0.2, -0.15) is 0 Å². The third kappa shape index (κ3) is 3.02. The van der Waals surface area contributed by atoms with E-state index in [1.165, 1.54) is 28.0 Å². The van der Waals surface area contributed by atoms with Crippen LogP contribution in [0.3, 0.4) is 0 Å². The fourth-order valence-corrected chi connectivity index (χ4v) is 4.91. The average molecular weight is 453 g/mol. The number of rotatable bonds is 2. The molecule has 0 unspecified atom stereocenters. The summed E-state index contributed by atoms with van der Waals surface area (Å²) in [6, 6.07) is 12.1. The Morgan fingerprint density at radius 2 is 1.57 bits per heavy atom. The van der Waals surface area contributed by atoms with Gasteiger partial charge < -0.3 is 9.80 Å². The van der Waals surface area contributed by atoms with E-state index >= 15 is 0 Å². The van der Waals surface area contributed by atoms with Gasteiger partial charge in [-0.05, 0) is 46.9 Å². The summed E-state index contributed by atoms with van der Waals surface area (Å²) in [5.41, 5.74) is 4.02. The molecule has 144 valence electrons. The van der Waals surface area contributed by atoms with Crippen molar-refractivity contribution in [2.24, 2.45) is 0 Å². The number of nitrogens with one attached hydrogen (secondary N) is 1. The van der Waals surface area contributed by atoms with Crippen LogP contribution in [-0.2, 0) is 12.8 Å². The van der Waals surface area contributed by atoms with Crippen molar-refractivity contribution in [2.75, 3.05) is 23.9 Å². The fraction of sp³-hybridized carbons (Fsp3) is 0.190. The van der Waals surface area contributed by atoms with E-state index in [9.17, 15) is 0 Å². The third-order valence-corrected chi connectivity index (χ3v) is 6.83. The Kier molecular flexibility index (Phi) is 5.13. The van der Waals surface area contributed by atoms with Gasteiger partial charge in [0.15, 0.2) is 0 Å². The second-order valence-electron chi connectivity index (χ2n) is 6.84. The predicted octanol–water partition coefficient (Wildman–Crippen LogP) is 7.06. The standard InChI is InChI=1S/C21H17Cl4N3/c1-27(16-9-7-12-5-3-4-11-6-8-13(16)17(11)12)21(26)28(2)20-18(24)14(22)10-15(23)19(20)25/h3-5,7,9-10,26H,6,8H2,1-2H3. The molecule has 3 aromatic carbocycles. The lowest BCUT2D eigenvalue weighted by atomic mass is 10.0. The molecule has 0 aliphatic heterocycles. The van der Waals surface area contributed by atoms with E-state index in [1.54, 1.807) is 11.9 Å². The molecule has 0 fully saturated rings. The van der Waals surface area contributed by atoms with Crippen LogP contribution < -0.4 is 9.80 Å². The maximum Gasteiger partial charge on any atom is 0.202 e. The van der Waals surface area contributed by atoms with E-state index in [1.807, 2.05) is 11.9 Å². The van der Waals surface area contributed by atoms with Crippen LogP contribution in [-0.4, -0.2) is 20.1 Å². The summed E-state index contributed by atoms with van der Waals surface area (Å²) in [7, 11) is 3.59. The molecule has 0 spiro atoms. The van der Waals surface area contributed by atoms with Gasteiger partial charge in [0.05, 0.1) is 25.8 Å². The van der Waals surface area contributed by atoms with Crippen molar-refractivity contribution in [1.29, 1.82) is 5.41 Å². The van der Waals surface area contributed by atoms with E-state index in [0.717, 1.165) is 18.5 Å². The fourth-order valence-electron chi connectivity index (χ4n) is 3.86. The van der Waals surface area contributed by atoms with E-state index in [4.69, 9.17) is 51.8 Å². The molecule has 1 N–H and O–H groups in total. The highest BCUT2D eigenvalue weighted by molar-refractivity contribution is 6.50. The van der Waals surface area contributed by atoms with Crippen LogP contribution in [0, 0.1) is 5.41 Å². The molecular formula is C21H17Cl4N3. The largest absolute Gasteiger partial charge is 0.315 e. The first-order valence-corrected chi connectivity index (χ1v) is 10.2. The molecule has 0 heterocycles. The van der Waals surface area contributed by atoms with Crippen molar-refractivity contribution in [1.82, 2.24) is 0 Å². The number of aryl methyl sites for hydroxylation is 2. The number of anilines is 2. The zero-order valence-corrected chi connectivity index (χ0v) is 18.3. The van der Waals surface area contributed by atoms with Crippen molar-refractivity contribution in [2.45, 2.75) is 12.8 Å². The average Bonchev–Trinajstić information content (AvgIpc) is 3.12. The number of hydrogen-bond donors (Lipinski definition) is 1. The van der Waals surface area contributed by atoms with Gasteiger partial charge in [-0.1, -0.05) is 70.7 Å². The van der Waals surface area contributed by atoms with E-state index in [2.05, 4.69) is 30.3 Å². The quantitative estimate of drug-likeness (QED) is 0.256. The molecule has 3 aromatic rings. The summed E-state index contributed by atoms with van der Waals surface area (Å²) in [5, 5.41) is 12.4. The number of halogens is 4. The van der Waals surface area contributed by atoms with Crippen LogP contribution in [0.4, 0.5) is 11.4 Å². The van der Waals surface area contributed by atoms with Crippen LogP contribution in [0.15, 0.2) is 36.4 Å². The molecule has 28 heavy (non-hydrogen) atoms. The summed E-state index contributed by atoms with van der Waals surface area (Å²) < 4.78 is 0. The molecule has 4 rings (SSSR count). The Bertz CT molecular complexity index is 1100. The highest BCUT2D eigenvalue weighted by atomic mass is 35.5. The van der Waals surface area contributed by atoms with Gasteiger partial charge in [-0.25, -0.2) is 0 Å². The molecule has 7 heteroatoms. The van der Waals surface area contributed by atoms with E-state index in [-0.39, 0.29) is 16.0 Å². The normalized spacial score (nSPS) is 12.5. The Balaban J connectivity index is 1.76. The minimum Gasteiger partial charge on any atom is -0.315 e.